The molecule has 0 radical (unpaired) electrons. The molecule has 1 unspecified atom stereocenters. The largest absolute Gasteiger partial charge is 0.464 e. The molecule has 0 aliphatic carbocycles. The van der Waals surface area contributed by atoms with Gasteiger partial charge in [0, 0.05) is 23.8 Å². The van der Waals surface area contributed by atoms with E-state index in [0.29, 0.717) is 0 Å². The zero-order valence-corrected chi connectivity index (χ0v) is 12.9. The highest BCUT2D eigenvalue weighted by Gasteiger charge is 2.11. The molecule has 0 aliphatic heterocycles. The van der Waals surface area contributed by atoms with Crippen LogP contribution in [-0.4, -0.2) is 13.1 Å². The van der Waals surface area contributed by atoms with Crippen molar-refractivity contribution in [2.45, 2.75) is 32.9 Å². The van der Waals surface area contributed by atoms with E-state index < -0.39 is 0 Å². The van der Waals surface area contributed by atoms with Gasteiger partial charge in [0.15, 0.2) is 0 Å². The standard InChI is InChI=1S/C16H21ClN2O/c1-11(18)8-13-9-14(17)5-7-16(13)19(3)10-15-6-4-12(2)20-15/h4-7,9,11H,8,10,18H2,1-3H3. The molecule has 0 aliphatic rings. The first-order chi connectivity index (χ1) is 9.45. The first-order valence-electron chi connectivity index (χ1n) is 6.76. The van der Waals surface area contributed by atoms with Crippen LogP contribution in [0.1, 0.15) is 24.0 Å². The maximum absolute atomic E-state index is 6.09. The van der Waals surface area contributed by atoms with E-state index in [1.54, 1.807) is 0 Å². The first kappa shape index (κ1) is 14.9. The van der Waals surface area contributed by atoms with Gasteiger partial charge in [-0.05, 0) is 56.2 Å². The zero-order valence-electron chi connectivity index (χ0n) is 12.2. The van der Waals surface area contributed by atoms with Gasteiger partial charge < -0.3 is 15.1 Å². The molecule has 2 rings (SSSR count). The molecule has 0 saturated heterocycles. The van der Waals surface area contributed by atoms with E-state index in [2.05, 4.69) is 4.90 Å². The van der Waals surface area contributed by atoms with E-state index in [1.807, 2.05) is 51.2 Å². The highest BCUT2D eigenvalue weighted by molar-refractivity contribution is 6.30. The zero-order chi connectivity index (χ0) is 14.7. The number of anilines is 1. The number of aryl methyl sites for hydroxylation is 1. The Hall–Kier alpha value is -1.45. The molecule has 1 aromatic heterocycles. The van der Waals surface area contributed by atoms with Gasteiger partial charge in [0.05, 0.1) is 6.54 Å². The van der Waals surface area contributed by atoms with Gasteiger partial charge in [0.25, 0.3) is 0 Å². The van der Waals surface area contributed by atoms with Crippen LogP contribution in [0.3, 0.4) is 0 Å². The minimum absolute atomic E-state index is 0.103. The Kier molecular flexibility index (Phi) is 4.73. The Morgan fingerprint density at radius 2 is 2.05 bits per heavy atom. The summed E-state index contributed by atoms with van der Waals surface area (Å²) >= 11 is 6.09. The third-order valence-corrected chi connectivity index (χ3v) is 3.42. The molecule has 4 heteroatoms. The maximum atomic E-state index is 6.09. The van der Waals surface area contributed by atoms with Crippen LogP contribution in [0.15, 0.2) is 34.7 Å². The van der Waals surface area contributed by atoms with E-state index in [9.17, 15) is 0 Å². The average molecular weight is 293 g/mol. The maximum Gasteiger partial charge on any atom is 0.123 e. The summed E-state index contributed by atoms with van der Waals surface area (Å²) < 4.78 is 5.63. The minimum atomic E-state index is 0.103. The van der Waals surface area contributed by atoms with Crippen molar-refractivity contribution >= 4 is 17.3 Å². The SMILES string of the molecule is Cc1ccc(CN(C)c2ccc(Cl)cc2CC(C)N)o1. The number of nitrogens with two attached hydrogens (primary N) is 1. The van der Waals surface area contributed by atoms with Crippen LogP contribution in [0, 0.1) is 6.92 Å². The van der Waals surface area contributed by atoms with Crippen LogP contribution in [-0.2, 0) is 13.0 Å². The lowest BCUT2D eigenvalue weighted by molar-refractivity contribution is 0.481. The highest BCUT2D eigenvalue weighted by Crippen LogP contribution is 2.26. The van der Waals surface area contributed by atoms with Gasteiger partial charge in [-0.15, -0.1) is 0 Å². The molecule has 0 bridgehead atoms. The number of hydrogen-bond acceptors (Lipinski definition) is 3. The molecule has 0 fully saturated rings. The van der Waals surface area contributed by atoms with Crippen molar-refractivity contribution in [3.8, 4) is 0 Å². The summed E-state index contributed by atoms with van der Waals surface area (Å²) in [5, 5.41) is 0.742. The Bertz CT molecular complexity index is 578. The number of rotatable bonds is 5. The second-order valence-corrected chi connectivity index (χ2v) is 5.76. The van der Waals surface area contributed by atoms with Crippen molar-refractivity contribution in [3.05, 3.63) is 52.4 Å². The van der Waals surface area contributed by atoms with E-state index in [0.717, 1.165) is 35.2 Å². The summed E-state index contributed by atoms with van der Waals surface area (Å²) in [6.07, 6.45) is 0.803. The highest BCUT2D eigenvalue weighted by atomic mass is 35.5. The predicted octanol–water partition coefficient (Wildman–Crippen LogP) is 3.77. The monoisotopic (exact) mass is 292 g/mol. The second kappa shape index (κ2) is 6.33. The molecule has 108 valence electrons. The summed E-state index contributed by atoms with van der Waals surface area (Å²) in [6.45, 7) is 4.68. The molecule has 1 aromatic carbocycles. The minimum Gasteiger partial charge on any atom is -0.464 e. The molecule has 0 saturated carbocycles. The normalized spacial score (nSPS) is 12.4. The van der Waals surface area contributed by atoms with Crippen LogP contribution >= 0.6 is 11.6 Å². The van der Waals surface area contributed by atoms with Gasteiger partial charge in [-0.25, -0.2) is 0 Å². The molecule has 0 spiro atoms. The third-order valence-electron chi connectivity index (χ3n) is 3.18. The van der Waals surface area contributed by atoms with E-state index in [1.165, 1.54) is 5.56 Å². The van der Waals surface area contributed by atoms with Gasteiger partial charge in [-0.3, -0.25) is 0 Å². The number of hydrogen-bond donors (Lipinski definition) is 1. The van der Waals surface area contributed by atoms with E-state index in [-0.39, 0.29) is 6.04 Å². The molecular formula is C16H21ClN2O. The van der Waals surface area contributed by atoms with Crippen molar-refractivity contribution in [2.75, 3.05) is 11.9 Å². The van der Waals surface area contributed by atoms with Crippen LogP contribution in [0.5, 0.6) is 0 Å². The second-order valence-electron chi connectivity index (χ2n) is 5.32. The van der Waals surface area contributed by atoms with Crippen molar-refractivity contribution in [3.63, 3.8) is 0 Å². The summed E-state index contributed by atoms with van der Waals surface area (Å²) in [5.74, 6) is 1.88. The van der Waals surface area contributed by atoms with Crippen molar-refractivity contribution < 1.29 is 4.42 Å². The van der Waals surface area contributed by atoms with Gasteiger partial charge >= 0.3 is 0 Å². The lowest BCUT2D eigenvalue weighted by Gasteiger charge is -2.22. The molecule has 1 heterocycles. The molecule has 0 amide bonds. The molecule has 20 heavy (non-hydrogen) atoms. The Labute approximate surface area is 125 Å². The molecular weight excluding hydrogens is 272 g/mol. The summed E-state index contributed by atoms with van der Waals surface area (Å²) in [6, 6.07) is 10.0. The fourth-order valence-corrected chi connectivity index (χ4v) is 2.52. The van der Waals surface area contributed by atoms with Crippen molar-refractivity contribution in [1.82, 2.24) is 0 Å². The number of halogens is 1. The summed E-state index contributed by atoms with van der Waals surface area (Å²) in [7, 11) is 2.05. The molecule has 2 aromatic rings. The lowest BCUT2D eigenvalue weighted by Crippen LogP contribution is -2.22. The number of nitrogens with zero attached hydrogens (tertiary/aromatic N) is 1. The van der Waals surface area contributed by atoms with Crippen LogP contribution in [0.2, 0.25) is 5.02 Å². The smallest absolute Gasteiger partial charge is 0.123 e. The van der Waals surface area contributed by atoms with E-state index in [4.69, 9.17) is 21.8 Å². The summed E-state index contributed by atoms with van der Waals surface area (Å²) in [4.78, 5) is 2.16. The van der Waals surface area contributed by atoms with Gasteiger partial charge in [-0.1, -0.05) is 11.6 Å². The fourth-order valence-electron chi connectivity index (χ4n) is 2.33. The Morgan fingerprint density at radius 1 is 1.30 bits per heavy atom. The first-order valence-corrected chi connectivity index (χ1v) is 7.14. The molecule has 2 N–H and O–H groups in total. The fraction of sp³-hybridized carbons (Fsp3) is 0.375. The van der Waals surface area contributed by atoms with Crippen LogP contribution in [0.4, 0.5) is 5.69 Å². The Morgan fingerprint density at radius 3 is 2.65 bits per heavy atom. The molecule has 1 atom stereocenters. The quantitative estimate of drug-likeness (QED) is 0.912. The van der Waals surface area contributed by atoms with Crippen LogP contribution < -0.4 is 10.6 Å². The van der Waals surface area contributed by atoms with Gasteiger partial charge in [-0.2, -0.15) is 0 Å². The average Bonchev–Trinajstić information content (AvgIpc) is 2.73. The van der Waals surface area contributed by atoms with E-state index >= 15 is 0 Å². The lowest BCUT2D eigenvalue weighted by atomic mass is 10.0. The third kappa shape index (κ3) is 3.78. The number of furan rings is 1. The molecule has 3 nitrogen and oxygen atoms in total. The van der Waals surface area contributed by atoms with Gasteiger partial charge in [0.1, 0.15) is 11.5 Å². The van der Waals surface area contributed by atoms with Gasteiger partial charge in [0.2, 0.25) is 0 Å². The summed E-state index contributed by atoms with van der Waals surface area (Å²) in [5.41, 5.74) is 8.22. The predicted molar refractivity (Wildman–Crippen MR) is 84.4 cm³/mol. The topological polar surface area (TPSA) is 42.4 Å². The van der Waals surface area contributed by atoms with Crippen molar-refractivity contribution in [1.29, 1.82) is 0 Å². The van der Waals surface area contributed by atoms with Crippen molar-refractivity contribution in [2.24, 2.45) is 5.73 Å². The Balaban J connectivity index is 2.21. The number of benzene rings is 1. The van der Waals surface area contributed by atoms with Crippen LogP contribution in [0.25, 0.3) is 0 Å².